The van der Waals surface area contributed by atoms with E-state index in [9.17, 15) is 14.9 Å². The summed E-state index contributed by atoms with van der Waals surface area (Å²) in [7, 11) is 0. The van der Waals surface area contributed by atoms with E-state index >= 15 is 0 Å². The number of nitriles is 1. The summed E-state index contributed by atoms with van der Waals surface area (Å²) in [5.41, 5.74) is -0.0928. The molecule has 0 radical (unpaired) electrons. The van der Waals surface area contributed by atoms with Crippen LogP contribution in [0.2, 0.25) is 0 Å². The summed E-state index contributed by atoms with van der Waals surface area (Å²) >= 11 is 0. The molecule has 0 spiro atoms. The van der Waals surface area contributed by atoms with Gasteiger partial charge in [-0.25, -0.2) is 4.79 Å². The van der Waals surface area contributed by atoms with E-state index in [4.69, 9.17) is 10.00 Å². The standard InChI is InChI=1S/C9H7N3O4/c10-5-6-11-9(13)16-8-3-1-7(2-4-8)12(14)15/h1-4H,6H2,(H,11,13). The maximum Gasteiger partial charge on any atom is 0.413 e. The fourth-order valence-corrected chi connectivity index (χ4v) is 0.891. The SMILES string of the molecule is N#CCNC(=O)Oc1ccc([N+](=O)[O-])cc1. The van der Waals surface area contributed by atoms with E-state index in [0.717, 1.165) is 0 Å². The summed E-state index contributed by atoms with van der Waals surface area (Å²) in [6.45, 7) is -0.161. The summed E-state index contributed by atoms with van der Waals surface area (Å²) < 4.78 is 4.73. The van der Waals surface area contributed by atoms with Gasteiger partial charge in [0.25, 0.3) is 5.69 Å². The van der Waals surface area contributed by atoms with Gasteiger partial charge in [0.2, 0.25) is 0 Å². The number of carbonyl (C=O) groups is 1. The van der Waals surface area contributed by atoms with Gasteiger partial charge in [0.05, 0.1) is 11.0 Å². The highest BCUT2D eigenvalue weighted by Gasteiger charge is 2.07. The lowest BCUT2D eigenvalue weighted by Crippen LogP contribution is -2.26. The number of nitrogens with one attached hydrogen (secondary N) is 1. The van der Waals surface area contributed by atoms with Crippen LogP contribution in [0.1, 0.15) is 0 Å². The molecule has 0 unspecified atom stereocenters. The Bertz CT molecular complexity index is 435. The third-order valence-electron chi connectivity index (χ3n) is 1.57. The van der Waals surface area contributed by atoms with Crippen LogP contribution in [0.25, 0.3) is 0 Å². The topological polar surface area (TPSA) is 105 Å². The van der Waals surface area contributed by atoms with Crippen LogP contribution in [-0.4, -0.2) is 17.6 Å². The first-order valence-electron chi connectivity index (χ1n) is 4.20. The van der Waals surface area contributed by atoms with Crippen LogP contribution < -0.4 is 10.1 Å². The van der Waals surface area contributed by atoms with E-state index in [0.29, 0.717) is 0 Å². The van der Waals surface area contributed by atoms with E-state index < -0.39 is 11.0 Å². The molecule has 1 amide bonds. The van der Waals surface area contributed by atoms with Crippen molar-refractivity contribution in [2.45, 2.75) is 0 Å². The Labute approximate surface area is 90.4 Å². The van der Waals surface area contributed by atoms with Crippen molar-refractivity contribution in [3.8, 4) is 11.8 Å². The number of hydrogen-bond donors (Lipinski definition) is 1. The predicted octanol–water partition coefficient (Wildman–Crippen LogP) is 1.21. The van der Waals surface area contributed by atoms with E-state index in [2.05, 4.69) is 5.32 Å². The van der Waals surface area contributed by atoms with Crippen LogP contribution in [0.15, 0.2) is 24.3 Å². The van der Waals surface area contributed by atoms with Gasteiger partial charge in [-0.05, 0) is 12.1 Å². The van der Waals surface area contributed by atoms with Gasteiger partial charge in [0.1, 0.15) is 12.3 Å². The number of nitro groups is 1. The van der Waals surface area contributed by atoms with E-state index in [-0.39, 0.29) is 18.0 Å². The van der Waals surface area contributed by atoms with Crippen LogP contribution in [0.5, 0.6) is 5.75 Å². The van der Waals surface area contributed by atoms with Crippen molar-refractivity contribution in [1.82, 2.24) is 5.32 Å². The first-order chi connectivity index (χ1) is 7.63. The van der Waals surface area contributed by atoms with Crippen molar-refractivity contribution < 1.29 is 14.5 Å². The third kappa shape index (κ3) is 3.26. The second-order valence-electron chi connectivity index (χ2n) is 2.65. The van der Waals surface area contributed by atoms with Gasteiger partial charge in [0, 0.05) is 12.1 Å². The number of nitro benzene ring substituents is 1. The second kappa shape index (κ2) is 5.31. The lowest BCUT2D eigenvalue weighted by molar-refractivity contribution is -0.384. The van der Waals surface area contributed by atoms with Gasteiger partial charge < -0.3 is 10.1 Å². The van der Waals surface area contributed by atoms with Crippen LogP contribution in [-0.2, 0) is 0 Å². The van der Waals surface area contributed by atoms with Crippen LogP contribution >= 0.6 is 0 Å². The fraction of sp³-hybridized carbons (Fsp3) is 0.111. The number of benzene rings is 1. The molecule has 0 heterocycles. The maximum atomic E-state index is 11.0. The highest BCUT2D eigenvalue weighted by Crippen LogP contribution is 2.17. The molecular formula is C9H7N3O4. The number of nitrogens with zero attached hydrogens (tertiary/aromatic N) is 2. The molecule has 0 fully saturated rings. The van der Waals surface area contributed by atoms with Gasteiger partial charge in [-0.15, -0.1) is 0 Å². The molecule has 0 atom stereocenters. The molecule has 0 aromatic heterocycles. The van der Waals surface area contributed by atoms with Gasteiger partial charge in [-0.2, -0.15) is 5.26 Å². The molecule has 0 aliphatic rings. The number of carbonyl (C=O) groups excluding carboxylic acids is 1. The van der Waals surface area contributed by atoms with Crippen LogP contribution in [0, 0.1) is 21.4 Å². The molecule has 0 aliphatic carbocycles. The molecule has 1 aromatic carbocycles. The monoisotopic (exact) mass is 221 g/mol. The lowest BCUT2D eigenvalue weighted by Gasteiger charge is -2.02. The highest BCUT2D eigenvalue weighted by molar-refractivity contribution is 5.70. The van der Waals surface area contributed by atoms with Crippen molar-refractivity contribution in [2.75, 3.05) is 6.54 Å². The van der Waals surface area contributed by atoms with Crippen molar-refractivity contribution in [1.29, 1.82) is 5.26 Å². The predicted molar refractivity (Wildman–Crippen MR) is 52.7 cm³/mol. The first kappa shape index (κ1) is 11.5. The zero-order chi connectivity index (χ0) is 12.0. The summed E-state index contributed by atoms with van der Waals surface area (Å²) in [4.78, 5) is 20.7. The molecule has 16 heavy (non-hydrogen) atoms. The quantitative estimate of drug-likeness (QED) is 0.469. The number of rotatable bonds is 3. The molecule has 1 aromatic rings. The normalized spacial score (nSPS) is 8.94. The lowest BCUT2D eigenvalue weighted by atomic mass is 10.3. The molecule has 7 heteroatoms. The number of hydrogen-bond acceptors (Lipinski definition) is 5. The summed E-state index contributed by atoms with van der Waals surface area (Å²) in [5.74, 6) is 0.168. The smallest absolute Gasteiger partial charge is 0.410 e. The Balaban J connectivity index is 2.59. The zero-order valence-corrected chi connectivity index (χ0v) is 8.04. The number of amides is 1. The van der Waals surface area contributed by atoms with E-state index in [1.807, 2.05) is 0 Å². The third-order valence-corrected chi connectivity index (χ3v) is 1.57. The van der Waals surface area contributed by atoms with Crippen LogP contribution in [0.4, 0.5) is 10.5 Å². The summed E-state index contributed by atoms with van der Waals surface area (Å²) in [6, 6.07) is 6.73. The molecule has 0 saturated heterocycles. The Morgan fingerprint density at radius 1 is 1.50 bits per heavy atom. The average molecular weight is 221 g/mol. The molecular weight excluding hydrogens is 214 g/mol. The Morgan fingerprint density at radius 3 is 2.62 bits per heavy atom. The van der Waals surface area contributed by atoms with Crippen LogP contribution in [0.3, 0.4) is 0 Å². The van der Waals surface area contributed by atoms with Gasteiger partial charge in [-0.1, -0.05) is 0 Å². The van der Waals surface area contributed by atoms with Gasteiger partial charge >= 0.3 is 6.09 Å². The average Bonchev–Trinajstić information content (AvgIpc) is 2.27. The van der Waals surface area contributed by atoms with Crippen molar-refractivity contribution in [3.63, 3.8) is 0 Å². The molecule has 1 N–H and O–H groups in total. The number of non-ortho nitro benzene ring substituents is 1. The zero-order valence-electron chi connectivity index (χ0n) is 8.04. The van der Waals surface area contributed by atoms with E-state index in [1.54, 1.807) is 6.07 Å². The molecule has 0 bridgehead atoms. The second-order valence-corrected chi connectivity index (χ2v) is 2.65. The Hall–Kier alpha value is -2.62. The van der Waals surface area contributed by atoms with Crippen molar-refractivity contribution in [3.05, 3.63) is 34.4 Å². The highest BCUT2D eigenvalue weighted by atomic mass is 16.6. The summed E-state index contributed by atoms with van der Waals surface area (Å²) in [6.07, 6.45) is -0.782. The fourth-order valence-electron chi connectivity index (χ4n) is 0.891. The molecule has 82 valence electrons. The number of ether oxygens (including phenoxy) is 1. The Kier molecular flexibility index (Phi) is 3.80. The molecule has 1 rings (SSSR count). The van der Waals surface area contributed by atoms with Gasteiger partial charge in [0.15, 0.2) is 0 Å². The Morgan fingerprint density at radius 2 is 2.12 bits per heavy atom. The minimum absolute atomic E-state index is 0.0928. The largest absolute Gasteiger partial charge is 0.413 e. The van der Waals surface area contributed by atoms with Crippen molar-refractivity contribution >= 4 is 11.8 Å². The molecule has 7 nitrogen and oxygen atoms in total. The first-order valence-corrected chi connectivity index (χ1v) is 4.20. The minimum Gasteiger partial charge on any atom is -0.410 e. The minimum atomic E-state index is -0.782. The summed E-state index contributed by atoms with van der Waals surface area (Å²) in [5, 5.41) is 20.7. The van der Waals surface area contributed by atoms with E-state index in [1.165, 1.54) is 24.3 Å². The maximum absolute atomic E-state index is 11.0. The van der Waals surface area contributed by atoms with Crippen molar-refractivity contribution in [2.24, 2.45) is 0 Å². The molecule has 0 saturated carbocycles. The molecule has 0 aliphatic heterocycles. The van der Waals surface area contributed by atoms with Gasteiger partial charge in [-0.3, -0.25) is 10.1 Å².